The van der Waals surface area contributed by atoms with Crippen molar-refractivity contribution in [2.75, 3.05) is 19.8 Å². The molecule has 0 bridgehead atoms. The van der Waals surface area contributed by atoms with Crippen LogP contribution in [0.1, 0.15) is 45.9 Å². The fourth-order valence-electron chi connectivity index (χ4n) is 1.69. The van der Waals surface area contributed by atoms with Crippen LogP contribution in [0.25, 0.3) is 0 Å². The van der Waals surface area contributed by atoms with Gasteiger partial charge in [-0.1, -0.05) is 6.92 Å². The van der Waals surface area contributed by atoms with Crippen molar-refractivity contribution in [1.29, 1.82) is 0 Å². The minimum atomic E-state index is 0.103. The van der Waals surface area contributed by atoms with E-state index in [0.29, 0.717) is 25.7 Å². The molecule has 0 amide bonds. The number of nitrogens with zero attached hydrogens (tertiary/aromatic N) is 1. The molecule has 0 saturated heterocycles. The first kappa shape index (κ1) is 16.9. The molecule has 0 radical (unpaired) electrons. The Labute approximate surface area is 122 Å². The van der Waals surface area contributed by atoms with Gasteiger partial charge in [-0.3, -0.25) is 0 Å². The molecule has 1 rings (SSSR count). The predicted molar refractivity (Wildman–Crippen MR) is 82.2 cm³/mol. The third-order valence-corrected chi connectivity index (χ3v) is 2.78. The predicted octanol–water partition coefficient (Wildman–Crippen LogP) is 2.95. The number of hydrogen-bond donors (Lipinski definition) is 1. The molecule has 1 aromatic heterocycles. The lowest BCUT2D eigenvalue weighted by molar-refractivity contribution is 0.108. The molecular weight excluding hydrogens is 252 g/mol. The Morgan fingerprint density at radius 3 is 2.50 bits per heavy atom. The van der Waals surface area contributed by atoms with Crippen LogP contribution in [-0.4, -0.2) is 30.3 Å². The molecule has 0 aliphatic rings. The fourth-order valence-corrected chi connectivity index (χ4v) is 1.69. The first-order chi connectivity index (χ1) is 9.44. The summed E-state index contributed by atoms with van der Waals surface area (Å²) >= 11 is 0. The first-order valence-electron chi connectivity index (χ1n) is 7.40. The normalized spacial score (nSPS) is 11.7. The lowest BCUT2D eigenvalue weighted by Gasteiger charge is -2.21. The van der Waals surface area contributed by atoms with Gasteiger partial charge in [0.05, 0.1) is 6.61 Å². The summed E-state index contributed by atoms with van der Waals surface area (Å²) in [5, 5.41) is 3.49. The largest absolute Gasteiger partial charge is 0.475 e. The van der Waals surface area contributed by atoms with Crippen LogP contribution >= 0.6 is 0 Å². The molecule has 4 heteroatoms. The molecule has 4 nitrogen and oxygen atoms in total. The number of nitrogens with one attached hydrogen (secondary N) is 1. The van der Waals surface area contributed by atoms with E-state index >= 15 is 0 Å². The Balaban J connectivity index is 2.65. The fraction of sp³-hybridized carbons (Fsp3) is 0.688. The lowest BCUT2D eigenvalue weighted by atomic mass is 10.1. The zero-order chi connectivity index (χ0) is 15.0. The molecular formula is C16H28N2O2. The quantitative estimate of drug-likeness (QED) is 0.744. The summed E-state index contributed by atoms with van der Waals surface area (Å²) in [5.41, 5.74) is 2.37. The molecule has 0 aromatic carbocycles. The molecule has 0 aliphatic heterocycles. The van der Waals surface area contributed by atoms with Crippen LogP contribution < -0.4 is 10.1 Å². The maximum atomic E-state index is 5.66. The zero-order valence-electron chi connectivity index (χ0n) is 13.5. The van der Waals surface area contributed by atoms with Crippen molar-refractivity contribution in [2.24, 2.45) is 0 Å². The Kier molecular flexibility index (Phi) is 6.96. The summed E-state index contributed by atoms with van der Waals surface area (Å²) in [6, 6.07) is 4.14. The average molecular weight is 280 g/mol. The van der Waals surface area contributed by atoms with Gasteiger partial charge in [-0.25, -0.2) is 4.98 Å². The van der Waals surface area contributed by atoms with Gasteiger partial charge in [0.15, 0.2) is 0 Å². The van der Waals surface area contributed by atoms with Gasteiger partial charge in [0, 0.05) is 30.5 Å². The van der Waals surface area contributed by atoms with E-state index in [0.717, 1.165) is 18.7 Å². The molecule has 0 unspecified atom stereocenters. The minimum absolute atomic E-state index is 0.103. The van der Waals surface area contributed by atoms with Crippen molar-refractivity contribution in [2.45, 2.75) is 53.1 Å². The van der Waals surface area contributed by atoms with Crippen LogP contribution in [0, 0.1) is 0 Å². The monoisotopic (exact) mass is 280 g/mol. The van der Waals surface area contributed by atoms with Crippen LogP contribution in [0.5, 0.6) is 5.88 Å². The number of aromatic nitrogens is 1. The molecule has 20 heavy (non-hydrogen) atoms. The lowest BCUT2D eigenvalue weighted by Crippen LogP contribution is -2.35. The minimum Gasteiger partial charge on any atom is -0.475 e. The maximum absolute atomic E-state index is 5.66. The Bertz CT molecular complexity index is 400. The molecule has 114 valence electrons. The Hall–Kier alpha value is -1.13. The van der Waals surface area contributed by atoms with E-state index < -0.39 is 0 Å². The van der Waals surface area contributed by atoms with Gasteiger partial charge in [0.1, 0.15) is 6.61 Å². The molecule has 0 aliphatic carbocycles. The van der Waals surface area contributed by atoms with Crippen LogP contribution in [0.15, 0.2) is 12.1 Å². The van der Waals surface area contributed by atoms with Crippen LogP contribution in [0.3, 0.4) is 0 Å². The number of rotatable bonds is 8. The van der Waals surface area contributed by atoms with Gasteiger partial charge in [-0.15, -0.1) is 0 Å². The Morgan fingerprint density at radius 1 is 1.15 bits per heavy atom. The standard InChI is InChI=1S/C16H28N2O2/c1-6-14-10-13(12-17-16(3,4)5)11-15(18-14)20-9-8-19-7-2/h10-11,17H,6-9,12H2,1-5H3. The molecule has 1 aromatic rings. The van der Waals surface area contributed by atoms with Crippen LogP contribution in [0.4, 0.5) is 0 Å². The zero-order valence-corrected chi connectivity index (χ0v) is 13.5. The molecule has 0 saturated carbocycles. The number of aryl methyl sites for hydroxylation is 1. The highest BCUT2D eigenvalue weighted by atomic mass is 16.5. The Morgan fingerprint density at radius 2 is 1.90 bits per heavy atom. The summed E-state index contributed by atoms with van der Waals surface area (Å²) in [5.74, 6) is 0.690. The summed E-state index contributed by atoms with van der Waals surface area (Å²) in [7, 11) is 0. The van der Waals surface area contributed by atoms with E-state index in [1.54, 1.807) is 0 Å². The molecule has 0 atom stereocenters. The first-order valence-corrected chi connectivity index (χ1v) is 7.40. The van der Waals surface area contributed by atoms with E-state index in [9.17, 15) is 0 Å². The van der Waals surface area contributed by atoms with E-state index in [1.165, 1.54) is 5.56 Å². The van der Waals surface area contributed by atoms with Gasteiger partial charge in [-0.2, -0.15) is 0 Å². The van der Waals surface area contributed by atoms with Crippen molar-refractivity contribution in [1.82, 2.24) is 10.3 Å². The topological polar surface area (TPSA) is 43.4 Å². The summed E-state index contributed by atoms with van der Waals surface area (Å²) in [6.45, 7) is 13.2. The van der Waals surface area contributed by atoms with Gasteiger partial charge in [-0.05, 0) is 45.7 Å². The third kappa shape index (κ3) is 6.87. The van der Waals surface area contributed by atoms with Crippen LogP contribution in [0.2, 0.25) is 0 Å². The van der Waals surface area contributed by atoms with E-state index in [1.807, 2.05) is 13.0 Å². The van der Waals surface area contributed by atoms with Crippen molar-refractivity contribution in [3.05, 3.63) is 23.4 Å². The molecule has 1 N–H and O–H groups in total. The highest BCUT2D eigenvalue weighted by Gasteiger charge is 2.10. The van der Waals surface area contributed by atoms with Crippen LogP contribution in [-0.2, 0) is 17.7 Å². The van der Waals surface area contributed by atoms with Gasteiger partial charge in [0.2, 0.25) is 5.88 Å². The van der Waals surface area contributed by atoms with Gasteiger partial charge in [0.25, 0.3) is 0 Å². The maximum Gasteiger partial charge on any atom is 0.213 e. The third-order valence-electron chi connectivity index (χ3n) is 2.78. The van der Waals surface area contributed by atoms with E-state index in [4.69, 9.17) is 9.47 Å². The smallest absolute Gasteiger partial charge is 0.213 e. The number of hydrogen-bond acceptors (Lipinski definition) is 4. The summed E-state index contributed by atoms with van der Waals surface area (Å²) in [4.78, 5) is 4.49. The second-order valence-corrected chi connectivity index (χ2v) is 5.81. The highest BCUT2D eigenvalue weighted by molar-refractivity contribution is 5.25. The molecule has 0 fully saturated rings. The second-order valence-electron chi connectivity index (χ2n) is 5.81. The van der Waals surface area contributed by atoms with Gasteiger partial charge >= 0.3 is 0 Å². The van der Waals surface area contributed by atoms with Crippen molar-refractivity contribution >= 4 is 0 Å². The van der Waals surface area contributed by atoms with Gasteiger partial charge < -0.3 is 14.8 Å². The van der Waals surface area contributed by atoms with E-state index in [2.05, 4.69) is 44.1 Å². The average Bonchev–Trinajstić information content (AvgIpc) is 2.40. The highest BCUT2D eigenvalue weighted by Crippen LogP contribution is 2.14. The number of pyridine rings is 1. The second kappa shape index (κ2) is 8.22. The summed E-state index contributed by atoms with van der Waals surface area (Å²) in [6.07, 6.45) is 0.908. The van der Waals surface area contributed by atoms with E-state index in [-0.39, 0.29) is 5.54 Å². The SMILES string of the molecule is CCOCCOc1cc(CNC(C)(C)C)cc(CC)n1. The van der Waals surface area contributed by atoms with Crippen molar-refractivity contribution < 1.29 is 9.47 Å². The summed E-state index contributed by atoms with van der Waals surface area (Å²) < 4.78 is 10.9. The van der Waals surface area contributed by atoms with Crippen molar-refractivity contribution in [3.8, 4) is 5.88 Å². The number of ether oxygens (including phenoxy) is 2. The molecule has 1 heterocycles. The van der Waals surface area contributed by atoms with Crippen molar-refractivity contribution in [3.63, 3.8) is 0 Å². The molecule has 0 spiro atoms.